The van der Waals surface area contributed by atoms with Crippen molar-refractivity contribution >= 4 is 14.6 Å². The van der Waals surface area contributed by atoms with Gasteiger partial charge in [-0.1, -0.05) is 0 Å². The summed E-state index contributed by atoms with van der Waals surface area (Å²) in [5.74, 6) is 0. The van der Waals surface area contributed by atoms with Gasteiger partial charge in [0.2, 0.25) is 0 Å². The summed E-state index contributed by atoms with van der Waals surface area (Å²) in [5.41, 5.74) is 0. The van der Waals surface area contributed by atoms with Crippen LogP contribution in [0.4, 0.5) is 0 Å². The third kappa shape index (κ3) is 336. The predicted octanol–water partition coefficient (Wildman–Crippen LogP) is -10.9. The topological polar surface area (TPSA) is 154 Å². The quantitative estimate of drug-likeness (QED) is 0.235. The van der Waals surface area contributed by atoms with E-state index in [1.165, 1.54) is 0 Å². The van der Waals surface area contributed by atoms with Crippen molar-refractivity contribution < 1.29 is 94.7 Å². The molecule has 0 radical (unpaired) electrons. The van der Waals surface area contributed by atoms with Crippen LogP contribution in [0.15, 0.2) is 0 Å². The van der Waals surface area contributed by atoms with Crippen LogP contribution in [0.3, 0.4) is 0 Å². The second kappa shape index (κ2) is 22.6. The van der Waals surface area contributed by atoms with Gasteiger partial charge in [-0.15, -0.1) is 0 Å². The van der Waals surface area contributed by atoms with Gasteiger partial charge in [0, 0.05) is 0 Å². The molecule has 0 fully saturated rings. The van der Waals surface area contributed by atoms with E-state index in [4.69, 9.17) is 30.1 Å². The van der Waals surface area contributed by atoms with E-state index in [2.05, 4.69) is 0 Å². The van der Waals surface area contributed by atoms with Crippen molar-refractivity contribution in [3.63, 3.8) is 0 Å². The molecule has 0 spiro atoms. The molecule has 7 nitrogen and oxygen atoms in total. The van der Waals surface area contributed by atoms with E-state index in [-0.39, 0.29) is 64.6 Å². The van der Waals surface area contributed by atoms with Gasteiger partial charge in [0.15, 0.2) is 0 Å². The molecule has 0 saturated carbocycles. The van der Waals surface area contributed by atoms with Gasteiger partial charge in [0.25, 0.3) is 0 Å². The molecule has 0 heterocycles. The van der Waals surface area contributed by atoms with E-state index in [0.717, 1.165) is 0 Å². The largest absolute Gasteiger partial charge is 1.00 e. The Kier molecular flexibility index (Phi) is 60.3. The first kappa shape index (κ1) is 29.3. The second-order valence-electron chi connectivity index (χ2n) is 0.673. The zero-order valence-electron chi connectivity index (χ0n) is 6.25. The number of rotatable bonds is 0. The summed E-state index contributed by atoms with van der Waals surface area (Å²) in [6.45, 7) is 0. The molecule has 0 unspecified atom stereocenters. The fourth-order valence-corrected chi connectivity index (χ4v) is 0. The predicted molar refractivity (Wildman–Crippen MR) is 24.5 cm³/mol. The Morgan fingerprint density at radius 1 is 0.818 bits per heavy atom. The summed E-state index contributed by atoms with van der Waals surface area (Å²) in [6, 6.07) is 0. The van der Waals surface area contributed by atoms with Crippen molar-refractivity contribution in [2.75, 3.05) is 0 Å². The van der Waals surface area contributed by atoms with Crippen LogP contribution in [0.2, 0.25) is 0 Å². The molecule has 0 aromatic carbocycles. The molecule has 11 heavy (non-hydrogen) atoms. The first-order valence-corrected chi connectivity index (χ1v) is 1.53. The Morgan fingerprint density at radius 2 is 0.818 bits per heavy atom. The van der Waals surface area contributed by atoms with Crippen molar-refractivity contribution in [3.8, 4) is 0 Å². The van der Waals surface area contributed by atoms with Crippen LogP contribution < -0.4 is 64.1 Å². The van der Waals surface area contributed by atoms with E-state index < -0.39 is 14.6 Å². The molecule has 0 saturated heterocycles. The van der Waals surface area contributed by atoms with Gasteiger partial charge >= 0.3 is 73.8 Å². The zero-order valence-corrected chi connectivity index (χ0v) is 10.2. The van der Waals surface area contributed by atoms with E-state index in [1.807, 2.05) is 0 Å². The average molecular weight is 186 g/mol. The van der Waals surface area contributed by atoms with E-state index in [1.54, 1.807) is 0 Å². The summed E-state index contributed by atoms with van der Waals surface area (Å²) in [7, 11) is -4.58. The maximum Gasteiger partial charge on any atom is 1.00 e. The Morgan fingerprint density at radius 3 is 0.818 bits per heavy atom. The van der Waals surface area contributed by atoms with Gasteiger partial charge < -0.3 is 35.6 Å². The summed E-state index contributed by atoms with van der Waals surface area (Å²) in [6.07, 6.45) is 0. The number of hydrogen-bond acceptors (Lipinski definition) is 7. The maximum atomic E-state index is 8.64. The van der Waals surface area contributed by atoms with Gasteiger partial charge in [-0.3, -0.25) is 0 Å². The van der Waals surface area contributed by atoms with Gasteiger partial charge in [-0.25, -0.2) is 0 Å². The Balaban J connectivity index is -0.0000000171. The molecule has 0 atom stereocenters. The first-order chi connectivity index (χ1) is 3.46. The molecule has 11 heteroatoms. The van der Waals surface area contributed by atoms with Crippen LogP contribution in [0, 0.1) is 0 Å². The summed E-state index contributed by atoms with van der Waals surface area (Å²) < 4.78 is 0. The van der Waals surface area contributed by atoms with Crippen molar-refractivity contribution in [2.45, 2.75) is 0 Å². The van der Waals surface area contributed by atoms with Crippen LogP contribution in [0.1, 0.15) is 0 Å². The third-order valence-corrected chi connectivity index (χ3v) is 0. The summed E-state index contributed by atoms with van der Waals surface area (Å²) >= 11 is 0. The molecule has 0 amide bonds. The molecule has 0 aliphatic rings. The van der Waals surface area contributed by atoms with Crippen molar-refractivity contribution in [1.29, 1.82) is 0 Å². The monoisotopic (exact) mass is 186 g/mol. The molecule has 0 aliphatic carbocycles. The third-order valence-electron chi connectivity index (χ3n) is 0. The van der Waals surface area contributed by atoms with Crippen molar-refractivity contribution in [1.82, 2.24) is 0 Å². The minimum Gasteiger partial charge on any atom is -0.870 e. The van der Waals surface area contributed by atoms with Gasteiger partial charge in [-0.05, 0) is 0 Å². The number of hydrogen-bond donors (Lipinski definition) is 5. The molecule has 0 aromatic heterocycles. The molecular weight excluding hydrogens is 180 g/mol. The van der Waals surface area contributed by atoms with Gasteiger partial charge in [-0.2, -0.15) is 0 Å². The minimum absolute atomic E-state index is 0. The van der Waals surface area contributed by atoms with Crippen molar-refractivity contribution in [3.05, 3.63) is 0 Å². The van der Waals surface area contributed by atoms with Crippen LogP contribution in [-0.4, -0.2) is 45.2 Å². The fraction of sp³-hybridized carbons (Fsp3) is 0. The van der Waals surface area contributed by atoms with Gasteiger partial charge in [0.05, 0.1) is 0 Å². The Hall–Kier alpha value is 1.85. The molecule has 56 valence electrons. The second-order valence-corrected chi connectivity index (χ2v) is 0.673. The van der Waals surface area contributed by atoms with Crippen LogP contribution in [0.25, 0.3) is 0 Å². The smallest absolute Gasteiger partial charge is 0.870 e. The Labute approximate surface area is 108 Å². The van der Waals surface area contributed by atoms with Crippen molar-refractivity contribution in [2.24, 2.45) is 0 Å². The SMILES string of the molecule is OB(O)O.[Na+].[Na+].[O-]B(O)O.[OH-]. The maximum absolute atomic E-state index is 8.64. The molecule has 0 aliphatic heterocycles. The molecule has 0 aromatic rings. The fourth-order valence-electron chi connectivity index (χ4n) is 0. The molecule has 6 N–H and O–H groups in total. The summed E-state index contributed by atoms with van der Waals surface area (Å²) in [4.78, 5) is 0. The van der Waals surface area contributed by atoms with E-state index >= 15 is 0 Å². The molecule has 0 rings (SSSR count). The Bertz CT molecular complexity index is 29.9. The van der Waals surface area contributed by atoms with Gasteiger partial charge in [0.1, 0.15) is 0 Å². The van der Waals surface area contributed by atoms with Crippen LogP contribution >= 0.6 is 0 Å². The first-order valence-electron chi connectivity index (χ1n) is 1.53. The van der Waals surface area contributed by atoms with E-state index in [0.29, 0.717) is 0 Å². The normalized spacial score (nSPS) is 4.91. The minimum atomic E-state index is -2.42. The zero-order chi connectivity index (χ0) is 7.15. The van der Waals surface area contributed by atoms with E-state index in [9.17, 15) is 0 Å². The molecular formula is H6B2Na2O7. The standard InChI is InChI=1S/BH3O3.BH2O3.2Na.H2O/c2*2-1(3)4;;;/h2-4H;2-3H;;;1H2/q;-1;2*+1;/p-1. The van der Waals surface area contributed by atoms with Crippen LogP contribution in [0.5, 0.6) is 0 Å². The average Bonchev–Trinajstić information content (AvgIpc) is 1.25. The molecule has 0 bridgehead atoms. The summed E-state index contributed by atoms with van der Waals surface area (Å²) in [5, 5.41) is 44.2. The van der Waals surface area contributed by atoms with Crippen LogP contribution in [-0.2, 0) is 0 Å².